The maximum atomic E-state index is 10.5. The molecular weight excluding hydrogens is 190 g/mol. The lowest BCUT2D eigenvalue weighted by Crippen LogP contribution is -2.52. The quantitative estimate of drug-likeness (QED) is 0.705. The molecule has 0 bridgehead atoms. The number of hydrogen-bond donors (Lipinski definition) is 1. The predicted molar refractivity (Wildman–Crippen MR) is 60.9 cm³/mol. The van der Waals surface area contributed by atoms with Crippen molar-refractivity contribution in [2.24, 2.45) is 5.92 Å². The van der Waals surface area contributed by atoms with Gasteiger partial charge in [-0.15, -0.1) is 0 Å². The van der Waals surface area contributed by atoms with E-state index in [-0.39, 0.29) is 0 Å². The zero-order valence-electron chi connectivity index (χ0n) is 9.91. The van der Waals surface area contributed by atoms with Crippen LogP contribution >= 0.6 is 0 Å². The van der Waals surface area contributed by atoms with Gasteiger partial charge < -0.3 is 5.11 Å². The second-order valence-electron chi connectivity index (χ2n) is 4.65. The van der Waals surface area contributed by atoms with Crippen molar-refractivity contribution in [1.29, 1.82) is 0 Å². The highest BCUT2D eigenvalue weighted by Crippen LogP contribution is 2.25. The van der Waals surface area contributed by atoms with Gasteiger partial charge in [0.1, 0.15) is 0 Å². The molecule has 1 rings (SSSR count). The summed E-state index contributed by atoms with van der Waals surface area (Å²) in [6.07, 6.45) is 5.32. The molecule has 3 nitrogen and oxygen atoms in total. The summed E-state index contributed by atoms with van der Waals surface area (Å²) < 4.78 is 0. The SMILES string of the molecule is CCCC(CCC)N1CC(CC(=O)O)C1. The number of nitrogens with zero attached hydrogens (tertiary/aromatic N) is 1. The van der Waals surface area contributed by atoms with Crippen molar-refractivity contribution in [2.75, 3.05) is 13.1 Å². The summed E-state index contributed by atoms with van der Waals surface area (Å²) in [4.78, 5) is 13.0. The van der Waals surface area contributed by atoms with Crippen LogP contribution in [0.25, 0.3) is 0 Å². The molecule has 1 aliphatic rings. The first-order valence-electron chi connectivity index (χ1n) is 6.13. The number of hydrogen-bond acceptors (Lipinski definition) is 2. The fourth-order valence-electron chi connectivity index (χ4n) is 2.46. The second kappa shape index (κ2) is 6.11. The normalized spacial score (nSPS) is 18.1. The van der Waals surface area contributed by atoms with Gasteiger partial charge in [-0.25, -0.2) is 0 Å². The van der Waals surface area contributed by atoms with Crippen LogP contribution in [0.5, 0.6) is 0 Å². The summed E-state index contributed by atoms with van der Waals surface area (Å²) in [6.45, 7) is 6.43. The average Bonchev–Trinajstić information content (AvgIpc) is 2.10. The van der Waals surface area contributed by atoms with Gasteiger partial charge in [0.15, 0.2) is 0 Å². The van der Waals surface area contributed by atoms with Crippen LogP contribution in [-0.2, 0) is 4.79 Å². The molecule has 0 atom stereocenters. The molecule has 15 heavy (non-hydrogen) atoms. The number of aliphatic carboxylic acids is 1. The maximum absolute atomic E-state index is 10.5. The molecule has 0 aromatic rings. The van der Waals surface area contributed by atoms with Crippen molar-refractivity contribution in [3.63, 3.8) is 0 Å². The standard InChI is InChI=1S/C12H23NO2/c1-3-5-11(6-4-2)13-8-10(9-13)7-12(14)15/h10-11H,3-9H2,1-2H3,(H,14,15). The largest absolute Gasteiger partial charge is 0.481 e. The molecular formula is C12H23NO2. The van der Waals surface area contributed by atoms with E-state index >= 15 is 0 Å². The van der Waals surface area contributed by atoms with Gasteiger partial charge in [0.2, 0.25) is 0 Å². The molecule has 0 aromatic heterocycles. The molecule has 3 heteroatoms. The molecule has 1 N–H and O–H groups in total. The Bertz CT molecular complexity index is 194. The first-order chi connectivity index (χ1) is 7.17. The number of carboxylic acids is 1. The third-order valence-corrected chi connectivity index (χ3v) is 3.21. The lowest BCUT2D eigenvalue weighted by atomic mass is 9.91. The lowest BCUT2D eigenvalue weighted by Gasteiger charge is -2.44. The van der Waals surface area contributed by atoms with E-state index < -0.39 is 5.97 Å². The fourth-order valence-corrected chi connectivity index (χ4v) is 2.46. The molecule has 0 aliphatic carbocycles. The van der Waals surface area contributed by atoms with Crippen LogP contribution in [-0.4, -0.2) is 35.1 Å². The summed E-state index contributed by atoms with van der Waals surface area (Å²) in [5.41, 5.74) is 0. The molecule has 0 radical (unpaired) electrons. The van der Waals surface area contributed by atoms with Crippen molar-refractivity contribution < 1.29 is 9.90 Å². The highest BCUT2D eigenvalue weighted by molar-refractivity contribution is 5.67. The molecule has 0 saturated carbocycles. The van der Waals surface area contributed by atoms with Gasteiger partial charge in [-0.05, 0) is 18.8 Å². The Balaban J connectivity index is 2.24. The van der Waals surface area contributed by atoms with E-state index in [0.29, 0.717) is 18.4 Å². The molecule has 0 amide bonds. The molecule has 0 unspecified atom stereocenters. The maximum Gasteiger partial charge on any atom is 0.303 e. The van der Waals surface area contributed by atoms with Crippen molar-refractivity contribution in [2.45, 2.75) is 52.0 Å². The molecule has 0 aromatic carbocycles. The summed E-state index contributed by atoms with van der Waals surface area (Å²) in [7, 11) is 0. The van der Waals surface area contributed by atoms with Crippen LogP contribution in [0.3, 0.4) is 0 Å². The minimum Gasteiger partial charge on any atom is -0.481 e. The molecule has 0 spiro atoms. The van der Waals surface area contributed by atoms with Crippen molar-refractivity contribution in [3.05, 3.63) is 0 Å². The molecule has 1 fully saturated rings. The summed E-state index contributed by atoms with van der Waals surface area (Å²) in [5, 5.41) is 8.66. The number of rotatable bonds is 7. The average molecular weight is 213 g/mol. The lowest BCUT2D eigenvalue weighted by molar-refractivity contribution is -0.139. The first kappa shape index (κ1) is 12.5. The summed E-state index contributed by atoms with van der Waals surface area (Å²) in [6, 6.07) is 0.699. The zero-order valence-corrected chi connectivity index (χ0v) is 9.91. The molecule has 1 saturated heterocycles. The smallest absolute Gasteiger partial charge is 0.303 e. The predicted octanol–water partition coefficient (Wildman–Crippen LogP) is 2.36. The third kappa shape index (κ3) is 3.82. The minimum absolute atomic E-state index is 0.349. The highest BCUT2D eigenvalue weighted by Gasteiger charge is 2.32. The number of carboxylic acid groups (broad SMARTS) is 1. The van der Waals surface area contributed by atoms with E-state index in [9.17, 15) is 4.79 Å². The Hall–Kier alpha value is -0.570. The van der Waals surface area contributed by atoms with E-state index in [2.05, 4.69) is 18.7 Å². The van der Waals surface area contributed by atoms with E-state index in [0.717, 1.165) is 13.1 Å². The molecule has 1 aliphatic heterocycles. The molecule has 1 heterocycles. The van der Waals surface area contributed by atoms with E-state index in [1.54, 1.807) is 0 Å². The van der Waals surface area contributed by atoms with E-state index in [4.69, 9.17) is 5.11 Å². The fraction of sp³-hybridized carbons (Fsp3) is 0.917. The van der Waals surface area contributed by atoms with E-state index in [1.807, 2.05) is 0 Å². The summed E-state index contributed by atoms with van der Waals surface area (Å²) >= 11 is 0. The van der Waals surface area contributed by atoms with Gasteiger partial charge in [-0.2, -0.15) is 0 Å². The number of carbonyl (C=O) groups is 1. The monoisotopic (exact) mass is 213 g/mol. The van der Waals surface area contributed by atoms with Crippen molar-refractivity contribution in [3.8, 4) is 0 Å². The van der Waals surface area contributed by atoms with Gasteiger partial charge in [-0.3, -0.25) is 9.69 Å². The zero-order chi connectivity index (χ0) is 11.3. The van der Waals surface area contributed by atoms with Crippen LogP contribution < -0.4 is 0 Å². The molecule has 88 valence electrons. The topological polar surface area (TPSA) is 40.5 Å². The van der Waals surface area contributed by atoms with Crippen LogP contribution in [0.4, 0.5) is 0 Å². The first-order valence-corrected chi connectivity index (χ1v) is 6.13. The van der Waals surface area contributed by atoms with Crippen molar-refractivity contribution >= 4 is 5.97 Å². The van der Waals surface area contributed by atoms with Crippen LogP contribution in [0.2, 0.25) is 0 Å². The van der Waals surface area contributed by atoms with Crippen molar-refractivity contribution in [1.82, 2.24) is 4.90 Å². The second-order valence-corrected chi connectivity index (χ2v) is 4.65. The number of likely N-dealkylation sites (tertiary alicyclic amines) is 1. The van der Waals surface area contributed by atoms with Gasteiger partial charge in [0.05, 0.1) is 6.42 Å². The Kier molecular flexibility index (Phi) is 5.09. The Morgan fingerprint density at radius 2 is 1.87 bits per heavy atom. The van der Waals surface area contributed by atoms with E-state index in [1.165, 1.54) is 25.7 Å². The van der Waals surface area contributed by atoms with Gasteiger partial charge in [-0.1, -0.05) is 26.7 Å². The Labute approximate surface area is 92.5 Å². The van der Waals surface area contributed by atoms with Gasteiger partial charge >= 0.3 is 5.97 Å². The third-order valence-electron chi connectivity index (χ3n) is 3.21. The Morgan fingerprint density at radius 3 is 2.27 bits per heavy atom. The highest BCUT2D eigenvalue weighted by atomic mass is 16.4. The Morgan fingerprint density at radius 1 is 1.33 bits per heavy atom. The van der Waals surface area contributed by atoms with Crippen LogP contribution in [0.1, 0.15) is 46.0 Å². The van der Waals surface area contributed by atoms with Gasteiger partial charge in [0, 0.05) is 19.1 Å². The van der Waals surface area contributed by atoms with Gasteiger partial charge in [0.25, 0.3) is 0 Å². The van der Waals surface area contributed by atoms with Crippen LogP contribution in [0, 0.1) is 5.92 Å². The van der Waals surface area contributed by atoms with Crippen LogP contribution in [0.15, 0.2) is 0 Å². The summed E-state index contributed by atoms with van der Waals surface area (Å²) in [5.74, 6) is -0.249. The minimum atomic E-state index is -0.651.